The number of anilines is 2. The van der Waals surface area contributed by atoms with Gasteiger partial charge in [-0.3, -0.25) is 0 Å². The number of methoxy groups -OCH3 is 1. The first kappa shape index (κ1) is 22.5. The van der Waals surface area contributed by atoms with Crippen molar-refractivity contribution in [3.63, 3.8) is 0 Å². The summed E-state index contributed by atoms with van der Waals surface area (Å²) in [6.07, 6.45) is 3.05. The van der Waals surface area contributed by atoms with E-state index in [1.807, 2.05) is 18.4 Å². The predicted octanol–water partition coefficient (Wildman–Crippen LogP) is 2.88. The maximum absolute atomic E-state index is 9.70. The van der Waals surface area contributed by atoms with E-state index >= 15 is 0 Å². The molecular weight excluding hydrogens is 424 g/mol. The van der Waals surface area contributed by atoms with Crippen LogP contribution in [0.1, 0.15) is 39.4 Å². The van der Waals surface area contributed by atoms with Crippen molar-refractivity contribution in [2.24, 2.45) is 0 Å². The Labute approximate surface area is 191 Å². The third-order valence-corrected chi connectivity index (χ3v) is 5.45. The van der Waals surface area contributed by atoms with Crippen LogP contribution in [0.3, 0.4) is 0 Å². The number of hydrogen-bond donors (Lipinski definition) is 1. The maximum Gasteiger partial charge on any atom is 0.257 e. The average molecular weight is 451 g/mol. The van der Waals surface area contributed by atoms with Crippen molar-refractivity contribution in [1.29, 1.82) is 10.5 Å². The number of ether oxygens (including phenoxy) is 3. The lowest BCUT2D eigenvalue weighted by Crippen LogP contribution is -2.25. The largest absolute Gasteiger partial charge is 0.472 e. The fourth-order valence-electron chi connectivity index (χ4n) is 3.69. The van der Waals surface area contributed by atoms with E-state index in [9.17, 15) is 10.5 Å². The molecular formula is C22H26N8O3. The van der Waals surface area contributed by atoms with Crippen LogP contribution in [-0.2, 0) is 15.0 Å². The minimum Gasteiger partial charge on any atom is -0.472 e. The third kappa shape index (κ3) is 4.21. The van der Waals surface area contributed by atoms with Gasteiger partial charge in [-0.2, -0.15) is 15.5 Å². The van der Waals surface area contributed by atoms with Crippen molar-refractivity contribution in [2.75, 3.05) is 25.6 Å². The third-order valence-electron chi connectivity index (χ3n) is 5.45. The second kappa shape index (κ2) is 8.70. The van der Waals surface area contributed by atoms with Gasteiger partial charge in [0.05, 0.1) is 37.6 Å². The summed E-state index contributed by atoms with van der Waals surface area (Å²) >= 11 is 0. The minimum atomic E-state index is -0.867. The van der Waals surface area contributed by atoms with E-state index in [4.69, 9.17) is 14.2 Å². The number of nitrogens with zero attached hydrogens (tertiary/aromatic N) is 7. The highest BCUT2D eigenvalue weighted by Gasteiger charge is 2.33. The van der Waals surface area contributed by atoms with Crippen molar-refractivity contribution < 1.29 is 14.2 Å². The molecule has 172 valence electrons. The molecule has 0 radical (unpaired) electrons. The van der Waals surface area contributed by atoms with Gasteiger partial charge >= 0.3 is 0 Å². The first-order chi connectivity index (χ1) is 15.8. The lowest BCUT2D eigenvalue weighted by molar-refractivity contribution is 0.0690. The molecule has 0 amide bonds. The topological polar surface area (TPSA) is 136 Å². The zero-order valence-corrected chi connectivity index (χ0v) is 19.2. The van der Waals surface area contributed by atoms with Crippen LogP contribution in [0, 0.1) is 22.7 Å². The SMILES string of the molecule is CO[C@H]1COC[C@H]1n1c(C#N)cc2cnc(Nc3cn(C(C)(C)C#N)nc3OC(C)C)nc21. The normalized spacial score (nSPS) is 18.4. The van der Waals surface area contributed by atoms with E-state index < -0.39 is 5.54 Å². The van der Waals surface area contributed by atoms with Gasteiger partial charge in [-0.15, -0.1) is 5.10 Å². The van der Waals surface area contributed by atoms with E-state index in [-0.39, 0.29) is 18.2 Å². The van der Waals surface area contributed by atoms with Crippen molar-refractivity contribution >= 4 is 22.7 Å². The number of rotatable bonds is 7. The van der Waals surface area contributed by atoms with Crippen LogP contribution in [0.25, 0.3) is 11.0 Å². The van der Waals surface area contributed by atoms with Crippen LogP contribution in [0.2, 0.25) is 0 Å². The van der Waals surface area contributed by atoms with Gasteiger partial charge in [-0.25, -0.2) is 9.67 Å². The summed E-state index contributed by atoms with van der Waals surface area (Å²) in [5, 5.41) is 27.5. The van der Waals surface area contributed by atoms with E-state index in [1.165, 1.54) is 0 Å². The zero-order chi connectivity index (χ0) is 23.8. The highest BCUT2D eigenvalue weighted by molar-refractivity contribution is 5.79. The number of nitriles is 2. The smallest absolute Gasteiger partial charge is 0.257 e. The molecule has 4 heterocycles. The fraction of sp³-hybridized carbons (Fsp3) is 0.500. The molecule has 11 nitrogen and oxygen atoms in total. The van der Waals surface area contributed by atoms with Crippen LogP contribution in [0.4, 0.5) is 11.6 Å². The molecule has 11 heteroatoms. The summed E-state index contributed by atoms with van der Waals surface area (Å²) in [6, 6.07) is 6.04. The number of aromatic nitrogens is 5. The Balaban J connectivity index is 1.75. The van der Waals surface area contributed by atoms with E-state index in [0.29, 0.717) is 42.1 Å². The van der Waals surface area contributed by atoms with Crippen molar-refractivity contribution in [2.45, 2.75) is 51.5 Å². The maximum atomic E-state index is 9.70. The first-order valence-electron chi connectivity index (χ1n) is 10.6. The molecule has 0 spiro atoms. The van der Waals surface area contributed by atoms with Crippen LogP contribution < -0.4 is 10.1 Å². The molecule has 3 aromatic rings. The highest BCUT2D eigenvalue weighted by atomic mass is 16.5. The molecule has 1 N–H and O–H groups in total. The molecule has 1 aliphatic rings. The molecule has 3 aromatic heterocycles. The zero-order valence-electron chi connectivity index (χ0n) is 19.2. The second-order valence-corrected chi connectivity index (χ2v) is 8.62. The molecule has 2 atom stereocenters. The molecule has 33 heavy (non-hydrogen) atoms. The molecule has 1 aliphatic heterocycles. The predicted molar refractivity (Wildman–Crippen MR) is 119 cm³/mol. The van der Waals surface area contributed by atoms with Crippen LogP contribution >= 0.6 is 0 Å². The summed E-state index contributed by atoms with van der Waals surface area (Å²) in [5.74, 6) is 0.649. The fourth-order valence-corrected chi connectivity index (χ4v) is 3.69. The van der Waals surface area contributed by atoms with E-state index in [0.717, 1.165) is 5.39 Å². The van der Waals surface area contributed by atoms with Gasteiger partial charge in [-0.05, 0) is 33.8 Å². The summed E-state index contributed by atoms with van der Waals surface area (Å²) in [6.45, 7) is 8.19. The van der Waals surface area contributed by atoms with Gasteiger partial charge in [0.2, 0.25) is 5.95 Å². The van der Waals surface area contributed by atoms with Gasteiger partial charge < -0.3 is 24.1 Å². The lowest BCUT2D eigenvalue weighted by Gasteiger charge is -2.19. The van der Waals surface area contributed by atoms with Crippen molar-refractivity contribution in [3.8, 4) is 18.0 Å². The summed E-state index contributed by atoms with van der Waals surface area (Å²) in [5.41, 5.74) is 0.719. The Bertz CT molecular complexity index is 1250. The standard InChI is InChI=1S/C22H26N8O3/c1-13(2)33-20-16(9-29(28-20)22(3,4)12-24)26-21-25-8-14-6-15(7-23)30(19(14)27-21)17-10-32-11-18(17)31-5/h6,8-9,13,17-18H,10-11H2,1-5H3,(H,25,26,27)/t17-,18+/m1/s1. The Morgan fingerprint density at radius 2 is 2.09 bits per heavy atom. The van der Waals surface area contributed by atoms with Crippen LogP contribution in [0.5, 0.6) is 5.88 Å². The van der Waals surface area contributed by atoms with Crippen molar-refractivity contribution in [3.05, 3.63) is 24.2 Å². The van der Waals surface area contributed by atoms with Crippen LogP contribution in [0.15, 0.2) is 18.5 Å². The Morgan fingerprint density at radius 3 is 2.76 bits per heavy atom. The quantitative estimate of drug-likeness (QED) is 0.576. The molecule has 0 unspecified atom stereocenters. The average Bonchev–Trinajstić information content (AvgIpc) is 3.49. The van der Waals surface area contributed by atoms with E-state index in [1.54, 1.807) is 44.1 Å². The summed E-state index contributed by atoms with van der Waals surface area (Å²) in [7, 11) is 1.63. The molecule has 0 bridgehead atoms. The Kier molecular flexibility index (Phi) is 5.93. The Morgan fingerprint density at radius 1 is 1.30 bits per heavy atom. The minimum absolute atomic E-state index is 0.119. The van der Waals surface area contributed by atoms with Crippen LogP contribution in [-0.4, -0.2) is 56.8 Å². The molecule has 0 aromatic carbocycles. The number of hydrogen-bond acceptors (Lipinski definition) is 9. The van der Waals surface area contributed by atoms with Gasteiger partial charge in [0, 0.05) is 18.7 Å². The van der Waals surface area contributed by atoms with E-state index in [2.05, 4.69) is 32.5 Å². The number of fused-ring (bicyclic) bond motifs is 1. The highest BCUT2D eigenvalue weighted by Crippen LogP contribution is 2.32. The summed E-state index contributed by atoms with van der Waals surface area (Å²) < 4.78 is 20.4. The monoisotopic (exact) mass is 450 g/mol. The molecule has 4 rings (SSSR count). The molecule has 0 saturated carbocycles. The van der Waals surface area contributed by atoms with Gasteiger partial charge in [0.1, 0.15) is 34.7 Å². The van der Waals surface area contributed by atoms with Gasteiger partial charge in [-0.1, -0.05) is 0 Å². The first-order valence-corrected chi connectivity index (χ1v) is 10.6. The molecule has 1 fully saturated rings. The molecule has 1 saturated heterocycles. The van der Waals surface area contributed by atoms with Crippen molar-refractivity contribution in [1.82, 2.24) is 24.3 Å². The Hall–Kier alpha value is -3.67. The number of nitrogens with one attached hydrogen (secondary N) is 1. The van der Waals surface area contributed by atoms with Gasteiger partial charge in [0.25, 0.3) is 5.88 Å². The molecule has 0 aliphatic carbocycles. The van der Waals surface area contributed by atoms with Gasteiger partial charge in [0.15, 0.2) is 0 Å². The lowest BCUT2D eigenvalue weighted by atomic mass is 10.1. The second-order valence-electron chi connectivity index (χ2n) is 8.62. The summed E-state index contributed by atoms with van der Waals surface area (Å²) in [4.78, 5) is 9.09.